The van der Waals surface area contributed by atoms with Gasteiger partial charge in [-0.1, -0.05) is 25.6 Å². The van der Waals surface area contributed by atoms with Crippen LogP contribution in [-0.2, 0) is 0 Å². The van der Waals surface area contributed by atoms with Gasteiger partial charge in [0.05, 0.1) is 0 Å². The Morgan fingerprint density at radius 1 is 1.55 bits per heavy atom. The summed E-state index contributed by atoms with van der Waals surface area (Å²) in [6.07, 6.45) is 0. The predicted molar refractivity (Wildman–Crippen MR) is 60.7 cm³/mol. The van der Waals surface area contributed by atoms with E-state index in [0.29, 0.717) is 9.30 Å². The van der Waals surface area contributed by atoms with Crippen LogP contribution in [0.2, 0.25) is 0 Å². The quantitative estimate of drug-likeness (QED) is 0.413. The van der Waals surface area contributed by atoms with Crippen molar-refractivity contribution in [2.24, 2.45) is 5.92 Å². The maximum Gasteiger partial charge on any atom is 0.131 e. The maximum atomic E-state index is 2.47. The first-order valence-electron chi connectivity index (χ1n) is 3.78. The molecule has 1 unspecified atom stereocenters. The van der Waals surface area contributed by atoms with E-state index in [1.54, 1.807) is 0 Å². The average Bonchev–Trinajstić information content (AvgIpc) is 2.07. The third-order valence-electron chi connectivity index (χ3n) is 1.87. The first kappa shape index (κ1) is 9.71. The van der Waals surface area contributed by atoms with Gasteiger partial charge < -0.3 is 4.90 Å². The minimum atomic E-state index is 0.602. The lowest BCUT2D eigenvalue weighted by Crippen LogP contribution is -2.21. The summed E-state index contributed by atoms with van der Waals surface area (Å²) in [6, 6.07) is 0. The topological polar surface area (TPSA) is 3.24 Å². The molecular weight excluding hydrogens is 269 g/mol. The van der Waals surface area contributed by atoms with Gasteiger partial charge in [-0.25, -0.2) is 0 Å². The molecule has 11 heavy (non-hydrogen) atoms. The molecule has 0 saturated heterocycles. The van der Waals surface area contributed by atoms with Crippen molar-refractivity contribution in [3.05, 3.63) is 10.6 Å². The zero-order valence-electron chi connectivity index (χ0n) is 7.39. The van der Waals surface area contributed by atoms with Gasteiger partial charge in [-0.3, -0.25) is 0 Å². The van der Waals surface area contributed by atoms with Crippen LogP contribution >= 0.6 is 34.4 Å². The average molecular weight is 283 g/mol. The summed E-state index contributed by atoms with van der Waals surface area (Å²) in [7, 11) is 2.18. The number of halogens is 1. The molecule has 0 saturated carbocycles. The summed E-state index contributed by atoms with van der Waals surface area (Å²) in [5.41, 5.74) is 1.51. The van der Waals surface area contributed by atoms with Crippen molar-refractivity contribution < 1.29 is 0 Å². The van der Waals surface area contributed by atoms with Crippen molar-refractivity contribution in [2.45, 2.75) is 24.2 Å². The van der Waals surface area contributed by atoms with Crippen molar-refractivity contribution in [1.29, 1.82) is 0 Å². The highest BCUT2D eigenvalue weighted by molar-refractivity contribution is 14.1. The van der Waals surface area contributed by atoms with E-state index in [9.17, 15) is 0 Å². The largest absolute Gasteiger partial charge is 0.356 e. The third kappa shape index (κ3) is 1.86. The normalized spacial score (nSPS) is 25.6. The zero-order valence-corrected chi connectivity index (χ0v) is 10.4. The second-order valence-electron chi connectivity index (χ2n) is 3.12. The van der Waals surface area contributed by atoms with E-state index < -0.39 is 0 Å². The van der Waals surface area contributed by atoms with Gasteiger partial charge in [-0.2, -0.15) is 0 Å². The van der Waals surface area contributed by atoms with Crippen molar-refractivity contribution in [1.82, 2.24) is 4.90 Å². The SMILES string of the molecule is CC1=C(C(C)C)N(C)C(I)S1. The second-order valence-corrected chi connectivity index (χ2v) is 6.44. The Hall–Kier alpha value is 0.620. The molecule has 0 aromatic heterocycles. The Bertz CT molecular complexity index is 189. The van der Waals surface area contributed by atoms with Crippen molar-refractivity contribution in [2.75, 3.05) is 7.05 Å². The Balaban J connectivity index is 2.83. The van der Waals surface area contributed by atoms with Gasteiger partial charge in [0.2, 0.25) is 0 Å². The highest BCUT2D eigenvalue weighted by Crippen LogP contribution is 2.42. The lowest BCUT2D eigenvalue weighted by molar-refractivity contribution is 0.429. The van der Waals surface area contributed by atoms with Crippen LogP contribution in [0.15, 0.2) is 10.6 Å². The fourth-order valence-electron chi connectivity index (χ4n) is 1.46. The van der Waals surface area contributed by atoms with E-state index in [-0.39, 0.29) is 0 Å². The van der Waals surface area contributed by atoms with E-state index in [2.05, 4.69) is 55.3 Å². The van der Waals surface area contributed by atoms with Crippen LogP contribution in [0, 0.1) is 5.92 Å². The Morgan fingerprint density at radius 3 is 2.27 bits per heavy atom. The molecule has 0 radical (unpaired) electrons. The number of nitrogens with zero attached hydrogens (tertiary/aromatic N) is 1. The number of allylic oxidation sites excluding steroid dienone is 2. The summed E-state index contributed by atoms with van der Waals surface area (Å²) in [6.45, 7) is 6.73. The molecule has 0 aromatic carbocycles. The molecule has 3 heteroatoms. The monoisotopic (exact) mass is 283 g/mol. The molecule has 0 N–H and O–H groups in total. The minimum absolute atomic E-state index is 0.602. The molecule has 1 heterocycles. The van der Waals surface area contributed by atoms with Gasteiger partial charge >= 0.3 is 0 Å². The van der Waals surface area contributed by atoms with E-state index in [1.807, 2.05) is 11.8 Å². The highest BCUT2D eigenvalue weighted by atomic mass is 127. The summed E-state index contributed by atoms with van der Waals surface area (Å²) in [5.74, 6) is 0.660. The molecule has 0 aromatic rings. The van der Waals surface area contributed by atoms with Gasteiger partial charge in [0.15, 0.2) is 0 Å². The Labute approximate surface area is 86.7 Å². The van der Waals surface area contributed by atoms with Crippen LogP contribution in [-0.4, -0.2) is 15.3 Å². The van der Waals surface area contributed by atoms with Gasteiger partial charge in [0.25, 0.3) is 0 Å². The lowest BCUT2D eigenvalue weighted by atomic mass is 10.1. The summed E-state index contributed by atoms with van der Waals surface area (Å²) in [5, 5.41) is 0. The van der Waals surface area contributed by atoms with Crippen molar-refractivity contribution in [3.8, 4) is 0 Å². The first-order chi connectivity index (χ1) is 5.04. The van der Waals surface area contributed by atoms with Gasteiger partial charge in [0, 0.05) is 17.6 Å². The Morgan fingerprint density at radius 2 is 2.09 bits per heavy atom. The fourth-order valence-corrected chi connectivity index (χ4v) is 3.96. The van der Waals surface area contributed by atoms with Crippen LogP contribution in [0.1, 0.15) is 20.8 Å². The van der Waals surface area contributed by atoms with Crippen LogP contribution < -0.4 is 0 Å². The molecule has 0 bridgehead atoms. The molecule has 64 valence electrons. The smallest absolute Gasteiger partial charge is 0.131 e. The number of thioether (sulfide) groups is 1. The standard InChI is InChI=1S/C8H14INS/c1-5(2)7-6(3)11-8(9)10(7)4/h5,8H,1-4H3. The Kier molecular flexibility index (Phi) is 3.14. The molecule has 0 aliphatic carbocycles. The molecule has 0 spiro atoms. The molecule has 1 atom stereocenters. The molecule has 1 rings (SSSR count). The summed E-state index contributed by atoms with van der Waals surface area (Å²) in [4.78, 5) is 3.85. The minimum Gasteiger partial charge on any atom is -0.356 e. The fraction of sp³-hybridized carbons (Fsp3) is 0.750. The molecule has 1 aliphatic rings. The predicted octanol–water partition coefficient (Wildman–Crippen LogP) is 3.27. The number of hydrogen-bond donors (Lipinski definition) is 0. The van der Waals surface area contributed by atoms with Crippen LogP contribution in [0.3, 0.4) is 0 Å². The van der Waals surface area contributed by atoms with Gasteiger partial charge in [-0.05, 0) is 35.4 Å². The van der Waals surface area contributed by atoms with Crippen LogP contribution in [0.4, 0.5) is 0 Å². The second kappa shape index (κ2) is 3.56. The highest BCUT2D eigenvalue weighted by Gasteiger charge is 2.26. The molecular formula is C8H14INS. The van der Waals surface area contributed by atoms with E-state index in [4.69, 9.17) is 0 Å². The van der Waals surface area contributed by atoms with E-state index in [0.717, 1.165) is 0 Å². The maximum absolute atomic E-state index is 2.47. The third-order valence-corrected chi connectivity index (χ3v) is 4.54. The van der Waals surface area contributed by atoms with Gasteiger partial charge in [0.1, 0.15) is 3.38 Å². The molecule has 1 aliphatic heterocycles. The van der Waals surface area contributed by atoms with E-state index >= 15 is 0 Å². The number of hydrogen-bond acceptors (Lipinski definition) is 2. The lowest BCUT2D eigenvalue weighted by Gasteiger charge is -2.22. The summed E-state index contributed by atoms with van der Waals surface area (Å²) >= 11 is 4.43. The zero-order chi connectivity index (χ0) is 8.59. The molecule has 0 amide bonds. The van der Waals surface area contributed by atoms with Crippen molar-refractivity contribution in [3.63, 3.8) is 0 Å². The number of rotatable bonds is 1. The number of alkyl halides is 1. The van der Waals surface area contributed by atoms with Crippen molar-refractivity contribution >= 4 is 34.4 Å². The van der Waals surface area contributed by atoms with E-state index in [1.165, 1.54) is 10.6 Å². The van der Waals surface area contributed by atoms with Gasteiger partial charge in [-0.15, -0.1) is 0 Å². The molecule has 0 fully saturated rings. The van der Waals surface area contributed by atoms with Crippen LogP contribution in [0.5, 0.6) is 0 Å². The van der Waals surface area contributed by atoms with Crippen LogP contribution in [0.25, 0.3) is 0 Å². The summed E-state index contributed by atoms with van der Waals surface area (Å²) < 4.78 is 0.602. The molecule has 1 nitrogen and oxygen atoms in total. The first-order valence-corrected chi connectivity index (χ1v) is 5.91.